The Balaban J connectivity index is 1.31. The lowest BCUT2D eigenvalue weighted by Crippen LogP contribution is -2.05. The summed E-state index contributed by atoms with van der Waals surface area (Å²) in [5.41, 5.74) is 9.55. The van der Waals surface area contributed by atoms with Crippen LogP contribution in [0.3, 0.4) is 0 Å². The van der Waals surface area contributed by atoms with Crippen LogP contribution in [-0.4, -0.2) is 19.5 Å². The van der Waals surface area contributed by atoms with Crippen LogP contribution in [0.5, 0.6) is 0 Å². The van der Waals surface area contributed by atoms with Gasteiger partial charge >= 0.3 is 6.18 Å². The number of alkyl halides is 3. The van der Waals surface area contributed by atoms with Gasteiger partial charge in [0.2, 0.25) is 0 Å². The first kappa shape index (κ1) is 39.5. The number of rotatable bonds is 7. The summed E-state index contributed by atoms with van der Waals surface area (Å²) >= 11 is 0. The van der Waals surface area contributed by atoms with E-state index in [4.69, 9.17) is 21.5 Å². The van der Waals surface area contributed by atoms with Crippen LogP contribution in [0.25, 0.3) is 99.9 Å². The summed E-state index contributed by atoms with van der Waals surface area (Å²) in [6.45, 7) is 9.64. The van der Waals surface area contributed by atoms with Crippen LogP contribution < -0.4 is 0 Å². The summed E-state index contributed by atoms with van der Waals surface area (Å²) in [5, 5.41) is 11.9. The minimum Gasteiger partial charge on any atom is -0.308 e. The van der Waals surface area contributed by atoms with Gasteiger partial charge in [0, 0.05) is 38.6 Å². The van der Waals surface area contributed by atoms with E-state index in [2.05, 4.69) is 15.5 Å². The Morgan fingerprint density at radius 1 is 0.516 bits per heavy atom. The summed E-state index contributed by atoms with van der Waals surface area (Å²) in [4.78, 5) is 18.9. The first-order valence-corrected chi connectivity index (χ1v) is 20.4. The molecule has 6 nitrogen and oxygen atoms in total. The molecule has 0 radical (unpaired) electrons. The number of aromatic nitrogens is 4. The summed E-state index contributed by atoms with van der Waals surface area (Å²) in [5.74, 6) is 1.40. The van der Waals surface area contributed by atoms with Crippen molar-refractivity contribution < 1.29 is 13.2 Å². The molecule has 8 aromatic carbocycles. The van der Waals surface area contributed by atoms with Gasteiger partial charge in [0.05, 0.1) is 40.5 Å². The number of hydrogen-bond donors (Lipinski definition) is 0. The van der Waals surface area contributed by atoms with Gasteiger partial charge < -0.3 is 4.57 Å². The lowest BCUT2D eigenvalue weighted by atomic mass is 9.91. The third-order valence-corrected chi connectivity index (χ3v) is 11.3. The van der Waals surface area contributed by atoms with Gasteiger partial charge in [-0.3, -0.25) is 0 Å². The van der Waals surface area contributed by atoms with Crippen molar-refractivity contribution in [2.75, 3.05) is 0 Å². The minimum absolute atomic E-state index is 0.419. The van der Waals surface area contributed by atoms with Gasteiger partial charge in [-0.05, 0) is 95.4 Å². The Labute approximate surface area is 366 Å². The zero-order valence-electron chi connectivity index (χ0n) is 34.1. The van der Waals surface area contributed by atoms with E-state index < -0.39 is 11.7 Å². The highest BCUT2D eigenvalue weighted by Crippen LogP contribution is 2.45. The number of nitriles is 1. The average molecular weight is 835 g/mol. The number of nitrogens with zero attached hydrogens (tertiary/aromatic N) is 6. The second-order valence-corrected chi connectivity index (χ2v) is 15.5. The lowest BCUT2D eigenvalue weighted by molar-refractivity contribution is -0.137. The zero-order valence-corrected chi connectivity index (χ0v) is 34.1. The van der Waals surface area contributed by atoms with Crippen molar-refractivity contribution in [3.8, 4) is 79.3 Å². The largest absolute Gasteiger partial charge is 0.416 e. The second-order valence-electron chi connectivity index (χ2n) is 15.5. The Morgan fingerprint density at radius 3 is 1.73 bits per heavy atom. The number of fused-ring (bicyclic) bond motifs is 3. The van der Waals surface area contributed by atoms with Crippen molar-refractivity contribution in [2.45, 2.75) is 13.1 Å². The van der Waals surface area contributed by atoms with Gasteiger partial charge in [0.1, 0.15) is 0 Å². The average Bonchev–Trinajstić information content (AvgIpc) is 3.66. The van der Waals surface area contributed by atoms with E-state index in [1.807, 2.05) is 152 Å². The standard InChI is InChI=1S/C55H33F3N6/c1-34-25-41(28-43(26-34)55(56,57)58)38-23-24-50-48(30-38)45-21-9-10-22-49(45)64(50)51-46(39-18-11-13-35(27-39)33-59)31-42(32-47(51)40-19-12-20-44(29-40)60-2)54-62-52(36-14-5-3-6-15-36)61-53(63-54)37-16-7-4-8-17-37/h3-32H,1H3. The van der Waals surface area contributed by atoms with Gasteiger partial charge in [0.25, 0.3) is 0 Å². The molecule has 0 atom stereocenters. The number of para-hydroxylation sites is 1. The molecule has 0 N–H and O–H groups in total. The zero-order chi connectivity index (χ0) is 44.0. The van der Waals surface area contributed by atoms with Gasteiger partial charge in [-0.2, -0.15) is 18.4 Å². The predicted molar refractivity (Wildman–Crippen MR) is 247 cm³/mol. The minimum atomic E-state index is -4.50. The highest BCUT2D eigenvalue weighted by molar-refractivity contribution is 6.12. The highest BCUT2D eigenvalue weighted by atomic mass is 19.4. The van der Waals surface area contributed by atoms with Crippen LogP contribution in [0.4, 0.5) is 18.9 Å². The third kappa shape index (κ3) is 7.31. The van der Waals surface area contributed by atoms with E-state index in [9.17, 15) is 18.4 Å². The van der Waals surface area contributed by atoms with E-state index in [0.29, 0.717) is 51.0 Å². The quantitative estimate of drug-likeness (QED) is 0.150. The van der Waals surface area contributed by atoms with E-state index in [-0.39, 0.29) is 0 Å². The smallest absolute Gasteiger partial charge is 0.308 e. The van der Waals surface area contributed by atoms with E-state index >= 15 is 0 Å². The first-order valence-electron chi connectivity index (χ1n) is 20.4. The fourth-order valence-corrected chi connectivity index (χ4v) is 8.39. The fourth-order valence-electron chi connectivity index (χ4n) is 8.39. The SMILES string of the molecule is [C-]#[N+]c1cccc(-c2cc(-c3nc(-c4ccccc4)nc(-c4ccccc4)n3)cc(-c3cccc(C#N)c3)c2-n2c3ccccc3c3cc(-c4cc(C)cc(C(F)(F)F)c4)ccc32)c1. The van der Waals surface area contributed by atoms with Crippen molar-refractivity contribution in [3.05, 3.63) is 210 Å². The van der Waals surface area contributed by atoms with Crippen molar-refractivity contribution in [1.82, 2.24) is 19.5 Å². The van der Waals surface area contributed by atoms with Crippen LogP contribution in [0.2, 0.25) is 0 Å². The van der Waals surface area contributed by atoms with E-state index in [0.717, 1.165) is 66.9 Å². The van der Waals surface area contributed by atoms with Gasteiger partial charge in [0.15, 0.2) is 23.2 Å². The summed E-state index contributed by atoms with van der Waals surface area (Å²) in [6, 6.07) is 58.5. The Kier molecular flexibility index (Phi) is 9.86. The topological polar surface area (TPSA) is 71.8 Å². The fraction of sp³-hybridized carbons (Fsp3) is 0.0364. The molecule has 0 aliphatic rings. The number of benzene rings is 8. The molecule has 0 saturated carbocycles. The molecule has 0 aliphatic heterocycles. The molecule has 64 heavy (non-hydrogen) atoms. The monoisotopic (exact) mass is 834 g/mol. The van der Waals surface area contributed by atoms with Gasteiger partial charge in [-0.25, -0.2) is 19.8 Å². The third-order valence-electron chi connectivity index (χ3n) is 11.3. The number of halogens is 3. The van der Waals surface area contributed by atoms with Crippen molar-refractivity contribution in [2.24, 2.45) is 0 Å². The molecular weight excluding hydrogens is 802 g/mol. The Morgan fingerprint density at radius 2 is 1.09 bits per heavy atom. The molecule has 0 unspecified atom stereocenters. The maximum Gasteiger partial charge on any atom is 0.416 e. The Hall–Kier alpha value is -8.66. The van der Waals surface area contributed by atoms with Crippen molar-refractivity contribution in [3.63, 3.8) is 0 Å². The van der Waals surface area contributed by atoms with Crippen molar-refractivity contribution >= 4 is 27.5 Å². The molecule has 10 aromatic rings. The second kappa shape index (κ2) is 16.0. The van der Waals surface area contributed by atoms with Crippen molar-refractivity contribution in [1.29, 1.82) is 5.26 Å². The van der Waals surface area contributed by atoms with Crippen LogP contribution in [0, 0.1) is 24.8 Å². The summed E-state index contributed by atoms with van der Waals surface area (Å²) < 4.78 is 44.3. The number of hydrogen-bond acceptors (Lipinski definition) is 4. The molecule has 0 aliphatic carbocycles. The molecule has 304 valence electrons. The molecule has 9 heteroatoms. The molecule has 2 aromatic heterocycles. The summed E-state index contributed by atoms with van der Waals surface area (Å²) in [6.07, 6.45) is -4.50. The molecule has 0 saturated heterocycles. The van der Waals surface area contributed by atoms with E-state index in [1.165, 1.54) is 6.07 Å². The molecule has 0 spiro atoms. The van der Waals surface area contributed by atoms with Crippen LogP contribution in [-0.2, 0) is 6.18 Å². The molecule has 0 amide bonds. The maximum absolute atomic E-state index is 14.1. The van der Waals surface area contributed by atoms with Crippen LogP contribution >= 0.6 is 0 Å². The molecular formula is C55H33F3N6. The first-order chi connectivity index (χ1) is 31.1. The van der Waals surface area contributed by atoms with Gasteiger partial charge in [-0.1, -0.05) is 121 Å². The van der Waals surface area contributed by atoms with Gasteiger partial charge in [-0.15, -0.1) is 0 Å². The predicted octanol–water partition coefficient (Wildman–Crippen LogP) is 14.7. The molecule has 0 fully saturated rings. The highest BCUT2D eigenvalue weighted by Gasteiger charge is 2.31. The summed E-state index contributed by atoms with van der Waals surface area (Å²) in [7, 11) is 0. The Bertz CT molecular complexity index is 3390. The van der Waals surface area contributed by atoms with Crippen LogP contribution in [0.15, 0.2) is 182 Å². The number of aryl methyl sites for hydroxylation is 1. The van der Waals surface area contributed by atoms with Crippen LogP contribution in [0.1, 0.15) is 16.7 Å². The molecule has 10 rings (SSSR count). The lowest BCUT2D eigenvalue weighted by Gasteiger charge is -2.21. The molecule has 2 heterocycles. The van der Waals surface area contributed by atoms with E-state index in [1.54, 1.807) is 25.1 Å². The molecule has 0 bridgehead atoms. The normalized spacial score (nSPS) is 11.4. The maximum atomic E-state index is 14.1.